The van der Waals surface area contributed by atoms with Crippen LogP contribution in [0.3, 0.4) is 0 Å². The Hall–Kier alpha value is -1.88. The maximum atomic E-state index is 12.9. The summed E-state index contributed by atoms with van der Waals surface area (Å²) in [7, 11) is 0. The topological polar surface area (TPSA) is 66.6 Å². The van der Waals surface area contributed by atoms with Crippen LogP contribution in [0.4, 0.5) is 0 Å². The molecule has 1 aliphatic carbocycles. The van der Waals surface area contributed by atoms with Gasteiger partial charge in [0, 0.05) is 43.7 Å². The van der Waals surface area contributed by atoms with Crippen molar-refractivity contribution in [2.45, 2.75) is 38.6 Å². The maximum absolute atomic E-state index is 12.9. The number of benzene rings is 1. The summed E-state index contributed by atoms with van der Waals surface area (Å²) >= 11 is 0. The molecule has 3 fully saturated rings. The third-order valence-corrected chi connectivity index (χ3v) is 6.38. The first-order valence-corrected chi connectivity index (χ1v) is 9.93. The monoisotopic (exact) mass is 355 g/mol. The van der Waals surface area contributed by atoms with Crippen molar-refractivity contribution >= 4 is 11.8 Å². The molecule has 2 saturated heterocycles. The number of nitrogens with two attached hydrogens (primary N) is 1. The summed E-state index contributed by atoms with van der Waals surface area (Å²) < 4.78 is 0. The first kappa shape index (κ1) is 17.5. The van der Waals surface area contributed by atoms with E-state index in [9.17, 15) is 9.59 Å². The van der Waals surface area contributed by atoms with Crippen LogP contribution in [0.15, 0.2) is 24.3 Å². The molecule has 2 atom stereocenters. The molecule has 2 heterocycles. The summed E-state index contributed by atoms with van der Waals surface area (Å²) in [6.07, 6.45) is 4.08. The van der Waals surface area contributed by atoms with Gasteiger partial charge in [-0.15, -0.1) is 0 Å². The van der Waals surface area contributed by atoms with Crippen molar-refractivity contribution in [2.24, 2.45) is 23.5 Å². The molecule has 0 aromatic heterocycles. The highest BCUT2D eigenvalue weighted by atomic mass is 16.2. The number of hydrogen-bond donors (Lipinski definition) is 1. The lowest BCUT2D eigenvalue weighted by molar-refractivity contribution is -0.136. The number of nitrogens with zero attached hydrogens (tertiary/aromatic N) is 2. The molecule has 26 heavy (non-hydrogen) atoms. The Labute approximate surface area is 155 Å². The quantitative estimate of drug-likeness (QED) is 0.902. The number of rotatable bonds is 3. The van der Waals surface area contributed by atoms with Gasteiger partial charge >= 0.3 is 0 Å². The lowest BCUT2D eigenvalue weighted by Gasteiger charge is -2.33. The molecular formula is C21H29N3O2. The first-order valence-electron chi connectivity index (χ1n) is 9.93. The van der Waals surface area contributed by atoms with Crippen molar-refractivity contribution in [3.8, 4) is 0 Å². The number of carbonyl (C=O) groups excluding carboxylic acids is 2. The third-order valence-electron chi connectivity index (χ3n) is 6.38. The van der Waals surface area contributed by atoms with Crippen LogP contribution in [0.2, 0.25) is 0 Å². The second-order valence-electron chi connectivity index (χ2n) is 8.34. The average molecular weight is 355 g/mol. The number of hydrogen-bond acceptors (Lipinski definition) is 3. The van der Waals surface area contributed by atoms with Gasteiger partial charge in [0.2, 0.25) is 5.91 Å². The molecule has 140 valence electrons. The molecule has 5 heteroatoms. The summed E-state index contributed by atoms with van der Waals surface area (Å²) in [5.41, 5.74) is 8.15. The zero-order valence-electron chi connectivity index (χ0n) is 15.6. The third kappa shape index (κ3) is 3.50. The van der Waals surface area contributed by atoms with Gasteiger partial charge in [-0.2, -0.15) is 0 Å². The molecule has 2 amide bonds. The van der Waals surface area contributed by atoms with Crippen LogP contribution in [0.25, 0.3) is 0 Å². The molecular weight excluding hydrogens is 326 g/mol. The van der Waals surface area contributed by atoms with Gasteiger partial charge in [0.25, 0.3) is 5.91 Å². The SMILES string of the molecule is Cc1ccc(C(=O)N2CCC(C(=O)N3C[C@H](C4CC4)[C@@H](N)C3)CC2)cc1. The van der Waals surface area contributed by atoms with Crippen molar-refractivity contribution < 1.29 is 9.59 Å². The molecule has 2 N–H and O–H groups in total. The molecule has 1 aromatic rings. The van der Waals surface area contributed by atoms with E-state index >= 15 is 0 Å². The van der Waals surface area contributed by atoms with Crippen LogP contribution >= 0.6 is 0 Å². The molecule has 0 spiro atoms. The largest absolute Gasteiger partial charge is 0.341 e. The molecule has 0 bridgehead atoms. The minimum absolute atomic E-state index is 0.0437. The van der Waals surface area contributed by atoms with Gasteiger partial charge in [0.05, 0.1) is 0 Å². The number of piperidine rings is 1. The number of carbonyl (C=O) groups is 2. The minimum atomic E-state index is 0.0437. The summed E-state index contributed by atoms with van der Waals surface area (Å²) in [4.78, 5) is 29.4. The minimum Gasteiger partial charge on any atom is -0.341 e. The fourth-order valence-electron chi connectivity index (χ4n) is 4.52. The Morgan fingerprint density at radius 2 is 1.62 bits per heavy atom. The van der Waals surface area contributed by atoms with Crippen LogP contribution in [0.5, 0.6) is 0 Å². The van der Waals surface area contributed by atoms with Crippen molar-refractivity contribution in [3.63, 3.8) is 0 Å². The zero-order chi connectivity index (χ0) is 18.3. The maximum Gasteiger partial charge on any atom is 0.253 e. The van der Waals surface area contributed by atoms with Crippen LogP contribution in [-0.2, 0) is 4.79 Å². The highest BCUT2D eigenvalue weighted by Gasteiger charge is 2.43. The van der Waals surface area contributed by atoms with Crippen LogP contribution in [-0.4, -0.2) is 53.8 Å². The Morgan fingerprint density at radius 3 is 2.23 bits per heavy atom. The van der Waals surface area contributed by atoms with E-state index in [1.807, 2.05) is 41.0 Å². The summed E-state index contributed by atoms with van der Waals surface area (Å²) in [6, 6.07) is 7.86. The van der Waals surface area contributed by atoms with Crippen LogP contribution < -0.4 is 5.73 Å². The summed E-state index contributed by atoms with van der Waals surface area (Å²) in [5, 5.41) is 0. The highest BCUT2D eigenvalue weighted by Crippen LogP contribution is 2.41. The van der Waals surface area contributed by atoms with E-state index in [4.69, 9.17) is 5.73 Å². The Kier molecular flexibility index (Phi) is 4.74. The number of aryl methyl sites for hydroxylation is 1. The van der Waals surface area contributed by atoms with E-state index in [0.29, 0.717) is 25.6 Å². The van der Waals surface area contributed by atoms with Crippen molar-refractivity contribution in [1.82, 2.24) is 9.80 Å². The number of likely N-dealkylation sites (tertiary alicyclic amines) is 2. The number of amides is 2. The molecule has 2 aliphatic heterocycles. The predicted octanol–water partition coefficient (Wildman–Crippen LogP) is 2.04. The summed E-state index contributed by atoms with van der Waals surface area (Å²) in [6.45, 7) is 4.89. The standard InChI is InChI=1S/C21H29N3O2/c1-14-2-4-16(5-3-14)20(25)23-10-8-17(9-11-23)21(26)24-12-18(15-6-7-15)19(22)13-24/h2-5,15,17-19H,6-13,22H2,1H3/t18-,19+/m1/s1. The normalized spacial score (nSPS) is 27.0. The molecule has 0 unspecified atom stereocenters. The Balaban J connectivity index is 1.31. The average Bonchev–Trinajstić information content (AvgIpc) is 3.43. The van der Waals surface area contributed by atoms with Gasteiger partial charge in [-0.1, -0.05) is 17.7 Å². The van der Waals surface area contributed by atoms with E-state index in [-0.39, 0.29) is 23.8 Å². The molecule has 0 radical (unpaired) electrons. The Bertz CT molecular complexity index is 675. The first-order chi connectivity index (χ1) is 12.5. The highest BCUT2D eigenvalue weighted by molar-refractivity contribution is 5.94. The second kappa shape index (κ2) is 7.03. The van der Waals surface area contributed by atoms with Crippen molar-refractivity contribution in [2.75, 3.05) is 26.2 Å². The molecule has 5 nitrogen and oxygen atoms in total. The van der Waals surface area contributed by atoms with E-state index in [1.165, 1.54) is 12.8 Å². The van der Waals surface area contributed by atoms with Crippen LogP contribution in [0.1, 0.15) is 41.6 Å². The van der Waals surface area contributed by atoms with Crippen molar-refractivity contribution in [3.05, 3.63) is 35.4 Å². The predicted molar refractivity (Wildman–Crippen MR) is 101 cm³/mol. The van der Waals surface area contributed by atoms with Gasteiger partial charge in [0.1, 0.15) is 0 Å². The van der Waals surface area contributed by atoms with Crippen molar-refractivity contribution in [1.29, 1.82) is 0 Å². The van der Waals surface area contributed by atoms with E-state index in [1.54, 1.807) is 0 Å². The molecule has 3 aliphatic rings. The zero-order valence-corrected chi connectivity index (χ0v) is 15.6. The smallest absolute Gasteiger partial charge is 0.253 e. The van der Waals surface area contributed by atoms with E-state index in [0.717, 1.165) is 36.4 Å². The van der Waals surface area contributed by atoms with E-state index in [2.05, 4.69) is 0 Å². The lowest BCUT2D eigenvalue weighted by atomic mass is 9.94. The molecule has 1 aromatic carbocycles. The van der Waals surface area contributed by atoms with Gasteiger partial charge in [-0.05, 0) is 56.6 Å². The fourth-order valence-corrected chi connectivity index (χ4v) is 4.52. The fraction of sp³-hybridized carbons (Fsp3) is 0.619. The second-order valence-corrected chi connectivity index (χ2v) is 8.34. The van der Waals surface area contributed by atoms with Gasteiger partial charge in [-0.3, -0.25) is 9.59 Å². The summed E-state index contributed by atoms with van der Waals surface area (Å²) in [5.74, 6) is 1.63. The van der Waals surface area contributed by atoms with Gasteiger partial charge < -0.3 is 15.5 Å². The Morgan fingerprint density at radius 1 is 0.962 bits per heavy atom. The molecule has 4 rings (SSSR count). The van der Waals surface area contributed by atoms with Crippen LogP contribution in [0, 0.1) is 24.7 Å². The van der Waals surface area contributed by atoms with E-state index < -0.39 is 0 Å². The lowest BCUT2D eigenvalue weighted by Crippen LogP contribution is -2.44. The van der Waals surface area contributed by atoms with Gasteiger partial charge in [-0.25, -0.2) is 0 Å². The molecule has 1 saturated carbocycles. The van der Waals surface area contributed by atoms with Gasteiger partial charge in [0.15, 0.2) is 0 Å².